The maximum atomic E-state index is 5.84. The Kier molecular flexibility index (Phi) is 13.2. The first-order valence-corrected chi connectivity index (χ1v) is 11.2. The van der Waals surface area contributed by atoms with Crippen LogP contribution in [0.4, 0.5) is 0 Å². The van der Waals surface area contributed by atoms with Gasteiger partial charge in [-0.1, -0.05) is 64.5 Å². The number of hydrogen-bond acceptors (Lipinski definition) is 2. The lowest BCUT2D eigenvalue weighted by atomic mass is 10.3. The summed E-state index contributed by atoms with van der Waals surface area (Å²) in [5.74, 6) is 0. The van der Waals surface area contributed by atoms with Gasteiger partial charge in [-0.2, -0.15) is 0 Å². The summed E-state index contributed by atoms with van der Waals surface area (Å²) in [7, 11) is -1.36. The van der Waals surface area contributed by atoms with Crippen LogP contribution in [0.5, 0.6) is 0 Å². The molecule has 0 saturated heterocycles. The molecule has 0 rings (SSSR count). The van der Waals surface area contributed by atoms with E-state index in [1.54, 1.807) is 0 Å². The van der Waals surface area contributed by atoms with E-state index < -0.39 is 8.07 Å². The van der Waals surface area contributed by atoms with Crippen LogP contribution in [0.3, 0.4) is 0 Å². The fourth-order valence-electron chi connectivity index (χ4n) is 2.59. The summed E-state index contributed by atoms with van der Waals surface area (Å²) < 4.78 is 11.7. The Labute approximate surface area is 122 Å². The first-order valence-electron chi connectivity index (χ1n) is 8.40. The first kappa shape index (κ1) is 19.1. The Bertz CT molecular complexity index is 166. The van der Waals surface area contributed by atoms with Crippen molar-refractivity contribution in [3.05, 3.63) is 0 Å². The van der Waals surface area contributed by atoms with Crippen LogP contribution in [0.15, 0.2) is 0 Å². The average molecular weight is 289 g/mol. The molecule has 0 unspecified atom stereocenters. The average Bonchev–Trinajstić information content (AvgIpc) is 2.43. The van der Waals surface area contributed by atoms with Crippen LogP contribution in [0.25, 0.3) is 0 Å². The molecule has 0 aliphatic rings. The maximum absolute atomic E-state index is 5.84. The van der Waals surface area contributed by atoms with Crippen LogP contribution in [-0.4, -0.2) is 33.7 Å². The minimum absolute atomic E-state index is 0.850. The Morgan fingerprint density at radius 3 is 1.37 bits per heavy atom. The third-order valence-corrected chi connectivity index (χ3v) is 8.31. The number of unbranched alkanes of at least 4 members (excludes halogenated alkanes) is 4. The minimum Gasteiger partial charge on any atom is -0.385 e. The fourth-order valence-corrected chi connectivity index (χ4v) is 6.78. The highest BCUT2D eigenvalue weighted by molar-refractivity contribution is 6.79. The highest BCUT2D eigenvalue weighted by Crippen LogP contribution is 2.24. The van der Waals surface area contributed by atoms with Gasteiger partial charge in [0.2, 0.25) is 0 Å². The zero-order chi connectivity index (χ0) is 14.4. The summed E-state index contributed by atoms with van der Waals surface area (Å²) in [5.41, 5.74) is 0. The Morgan fingerprint density at radius 1 is 0.632 bits per heavy atom. The first-order chi connectivity index (χ1) is 9.24. The van der Waals surface area contributed by atoms with Gasteiger partial charge in [0.15, 0.2) is 0 Å². The van der Waals surface area contributed by atoms with E-state index in [0.29, 0.717) is 0 Å². The van der Waals surface area contributed by atoms with E-state index in [0.717, 1.165) is 25.7 Å². The van der Waals surface area contributed by atoms with Crippen LogP contribution >= 0.6 is 0 Å². The highest BCUT2D eigenvalue weighted by Gasteiger charge is 2.32. The molecule has 0 aliphatic carbocycles. The second kappa shape index (κ2) is 13.1. The normalized spacial score (nSPS) is 12.0. The molecule has 0 N–H and O–H groups in total. The molecular weight excluding hydrogens is 252 g/mol. The molecule has 0 aliphatic heterocycles. The monoisotopic (exact) mass is 288 g/mol. The lowest BCUT2D eigenvalue weighted by Gasteiger charge is -2.31. The third kappa shape index (κ3) is 9.64. The van der Waals surface area contributed by atoms with E-state index in [9.17, 15) is 0 Å². The van der Waals surface area contributed by atoms with Gasteiger partial charge >= 0.3 is 0 Å². The van der Waals surface area contributed by atoms with E-state index in [1.165, 1.54) is 50.6 Å². The van der Waals surface area contributed by atoms with E-state index in [4.69, 9.17) is 9.47 Å². The number of rotatable bonds is 14. The molecule has 0 aromatic heterocycles. The molecule has 0 aromatic carbocycles. The standard InChI is InChI=1S/C16H36O2Si/c1-5-9-11-13-19(15-17-7-3,16-18-8-4)14-12-10-6-2/h5-16H2,1-4H3. The molecule has 116 valence electrons. The molecule has 0 spiro atoms. The van der Waals surface area contributed by atoms with E-state index in [2.05, 4.69) is 27.7 Å². The van der Waals surface area contributed by atoms with Gasteiger partial charge in [-0.05, 0) is 13.8 Å². The maximum Gasteiger partial charge on any atom is 0.113 e. The van der Waals surface area contributed by atoms with Crippen molar-refractivity contribution in [2.24, 2.45) is 0 Å². The van der Waals surface area contributed by atoms with E-state index >= 15 is 0 Å². The minimum atomic E-state index is -1.36. The summed E-state index contributed by atoms with van der Waals surface area (Å²) >= 11 is 0. The zero-order valence-corrected chi connectivity index (χ0v) is 14.8. The smallest absolute Gasteiger partial charge is 0.113 e. The summed E-state index contributed by atoms with van der Waals surface area (Å²) in [5, 5.41) is 0. The summed E-state index contributed by atoms with van der Waals surface area (Å²) in [6, 6.07) is 2.79. The Balaban J connectivity index is 4.44. The fraction of sp³-hybridized carbons (Fsp3) is 1.00. The van der Waals surface area contributed by atoms with E-state index in [1.807, 2.05) is 0 Å². The zero-order valence-electron chi connectivity index (χ0n) is 13.8. The van der Waals surface area contributed by atoms with Gasteiger partial charge in [0.05, 0.1) is 0 Å². The Morgan fingerprint density at radius 2 is 1.05 bits per heavy atom. The molecule has 3 heteroatoms. The number of ether oxygens (including phenoxy) is 2. The van der Waals surface area contributed by atoms with Crippen LogP contribution < -0.4 is 0 Å². The van der Waals surface area contributed by atoms with Gasteiger partial charge in [-0.25, -0.2) is 0 Å². The lowest BCUT2D eigenvalue weighted by molar-refractivity contribution is 0.160. The van der Waals surface area contributed by atoms with Gasteiger partial charge in [0.1, 0.15) is 8.07 Å². The van der Waals surface area contributed by atoms with Gasteiger partial charge in [0, 0.05) is 25.7 Å². The van der Waals surface area contributed by atoms with Gasteiger partial charge in [0.25, 0.3) is 0 Å². The molecule has 0 heterocycles. The van der Waals surface area contributed by atoms with Gasteiger partial charge < -0.3 is 9.47 Å². The predicted octanol–water partition coefficient (Wildman–Crippen LogP) is 4.97. The molecule has 0 bridgehead atoms. The lowest BCUT2D eigenvalue weighted by Crippen LogP contribution is -2.45. The summed E-state index contributed by atoms with van der Waals surface area (Å²) in [4.78, 5) is 0. The van der Waals surface area contributed by atoms with Crippen LogP contribution in [0.2, 0.25) is 12.1 Å². The molecule has 0 radical (unpaired) electrons. The molecule has 0 atom stereocenters. The quantitative estimate of drug-likeness (QED) is 0.332. The van der Waals surface area contributed by atoms with Crippen molar-refractivity contribution in [3.8, 4) is 0 Å². The van der Waals surface area contributed by atoms with Crippen molar-refractivity contribution in [1.29, 1.82) is 0 Å². The summed E-state index contributed by atoms with van der Waals surface area (Å²) in [6.07, 6.45) is 10.1. The largest absolute Gasteiger partial charge is 0.385 e. The highest BCUT2D eigenvalue weighted by atomic mass is 28.3. The van der Waals surface area contributed by atoms with Crippen molar-refractivity contribution >= 4 is 8.07 Å². The molecule has 2 nitrogen and oxygen atoms in total. The van der Waals surface area contributed by atoms with Crippen molar-refractivity contribution in [1.82, 2.24) is 0 Å². The van der Waals surface area contributed by atoms with Crippen LogP contribution in [-0.2, 0) is 9.47 Å². The van der Waals surface area contributed by atoms with Gasteiger partial charge in [-0.15, -0.1) is 0 Å². The second-order valence-corrected chi connectivity index (χ2v) is 10.3. The molecule has 19 heavy (non-hydrogen) atoms. The second-order valence-electron chi connectivity index (χ2n) is 5.69. The van der Waals surface area contributed by atoms with Crippen molar-refractivity contribution in [3.63, 3.8) is 0 Å². The molecular formula is C16H36O2Si. The molecule has 0 saturated carbocycles. The topological polar surface area (TPSA) is 18.5 Å². The predicted molar refractivity (Wildman–Crippen MR) is 87.4 cm³/mol. The van der Waals surface area contributed by atoms with Crippen molar-refractivity contribution in [2.75, 3.05) is 25.7 Å². The summed E-state index contributed by atoms with van der Waals surface area (Å²) in [6.45, 7) is 10.5. The van der Waals surface area contributed by atoms with E-state index in [-0.39, 0.29) is 0 Å². The SMILES string of the molecule is CCCCC[Si](CCCCC)(COCC)COCC. The third-order valence-electron chi connectivity index (χ3n) is 3.85. The van der Waals surface area contributed by atoms with Crippen LogP contribution in [0, 0.1) is 0 Å². The van der Waals surface area contributed by atoms with Crippen LogP contribution in [0.1, 0.15) is 66.2 Å². The van der Waals surface area contributed by atoms with Crippen molar-refractivity contribution in [2.45, 2.75) is 78.3 Å². The molecule has 0 fully saturated rings. The van der Waals surface area contributed by atoms with Crippen molar-refractivity contribution < 1.29 is 9.47 Å². The molecule has 0 aromatic rings. The Hall–Kier alpha value is 0.137. The molecule has 0 amide bonds. The van der Waals surface area contributed by atoms with Gasteiger partial charge in [-0.3, -0.25) is 0 Å². The number of hydrogen-bond donors (Lipinski definition) is 0.